The van der Waals surface area contributed by atoms with Crippen LogP contribution in [0, 0.1) is 11.3 Å². The third-order valence-corrected chi connectivity index (χ3v) is 3.06. The highest BCUT2D eigenvalue weighted by atomic mass is 16.3. The molecule has 0 aromatic heterocycles. The molecule has 0 saturated heterocycles. The van der Waals surface area contributed by atoms with Crippen LogP contribution in [0.1, 0.15) is 11.5 Å². The third-order valence-electron chi connectivity index (χ3n) is 3.06. The summed E-state index contributed by atoms with van der Waals surface area (Å²) in [6.45, 7) is 0. The van der Waals surface area contributed by atoms with Crippen LogP contribution in [-0.2, 0) is 4.79 Å². The minimum Gasteiger partial charge on any atom is -0.508 e. The molecule has 0 fully saturated rings. The summed E-state index contributed by atoms with van der Waals surface area (Å²) in [4.78, 5) is 13.8. The highest BCUT2D eigenvalue weighted by Gasteiger charge is 2.24. The molecular formula is C16H14N2O2. The number of likely N-dealkylation sites (N-methyl/N-ethyl adjacent to an activating group) is 1. The molecule has 0 spiro atoms. The second-order valence-corrected chi connectivity index (χ2v) is 4.39. The van der Waals surface area contributed by atoms with E-state index in [4.69, 9.17) is 0 Å². The van der Waals surface area contributed by atoms with E-state index in [0.29, 0.717) is 11.3 Å². The molecule has 0 bridgehead atoms. The number of rotatable bonds is 3. The van der Waals surface area contributed by atoms with Crippen molar-refractivity contribution >= 4 is 11.6 Å². The summed E-state index contributed by atoms with van der Waals surface area (Å²) in [5.41, 5.74) is 1.21. The molecule has 2 rings (SSSR count). The van der Waals surface area contributed by atoms with Gasteiger partial charge in [0, 0.05) is 18.8 Å². The van der Waals surface area contributed by atoms with Gasteiger partial charge >= 0.3 is 0 Å². The molecule has 1 amide bonds. The zero-order valence-corrected chi connectivity index (χ0v) is 11.0. The number of nitrogens with zero attached hydrogens (tertiary/aromatic N) is 2. The van der Waals surface area contributed by atoms with Gasteiger partial charge in [0.1, 0.15) is 5.75 Å². The number of aromatic hydroxyl groups is 1. The predicted molar refractivity (Wildman–Crippen MR) is 76.3 cm³/mol. The lowest BCUT2D eigenvalue weighted by atomic mass is 9.99. The molecular weight excluding hydrogens is 252 g/mol. The lowest BCUT2D eigenvalue weighted by Crippen LogP contribution is -2.31. The van der Waals surface area contributed by atoms with Gasteiger partial charge in [-0.3, -0.25) is 4.79 Å². The molecule has 4 nitrogen and oxygen atoms in total. The maximum atomic E-state index is 12.4. The first-order chi connectivity index (χ1) is 9.63. The SMILES string of the molecule is CN(C(=O)C(C#N)c1ccccc1)c1cccc(O)c1. The standard InChI is InChI=1S/C16H14N2O2/c1-18(13-8-5-9-14(19)10-13)16(20)15(11-17)12-6-3-2-4-7-12/h2-10,15,19H,1H3. The smallest absolute Gasteiger partial charge is 0.248 e. The quantitative estimate of drug-likeness (QED) is 0.928. The van der Waals surface area contributed by atoms with Gasteiger partial charge in [-0.25, -0.2) is 0 Å². The summed E-state index contributed by atoms with van der Waals surface area (Å²) in [6, 6.07) is 17.3. The molecule has 0 aliphatic rings. The first-order valence-electron chi connectivity index (χ1n) is 6.14. The monoisotopic (exact) mass is 266 g/mol. The largest absolute Gasteiger partial charge is 0.508 e. The second-order valence-electron chi connectivity index (χ2n) is 4.39. The Balaban J connectivity index is 2.28. The number of phenolic OH excluding ortho intramolecular Hbond substituents is 1. The Morgan fingerprint density at radius 2 is 1.90 bits per heavy atom. The van der Waals surface area contributed by atoms with Crippen molar-refractivity contribution in [3.63, 3.8) is 0 Å². The zero-order valence-electron chi connectivity index (χ0n) is 11.0. The predicted octanol–water partition coefficient (Wildman–Crippen LogP) is 2.66. The van der Waals surface area contributed by atoms with Crippen LogP contribution in [0.3, 0.4) is 0 Å². The van der Waals surface area contributed by atoms with Gasteiger partial charge in [-0.1, -0.05) is 36.4 Å². The van der Waals surface area contributed by atoms with E-state index in [9.17, 15) is 15.2 Å². The van der Waals surface area contributed by atoms with Gasteiger partial charge in [0.2, 0.25) is 5.91 Å². The van der Waals surface area contributed by atoms with E-state index in [1.807, 2.05) is 12.1 Å². The lowest BCUT2D eigenvalue weighted by molar-refractivity contribution is -0.118. The number of nitriles is 1. The third kappa shape index (κ3) is 2.78. The second kappa shape index (κ2) is 5.89. The number of anilines is 1. The molecule has 1 N–H and O–H groups in total. The number of amides is 1. The molecule has 4 heteroatoms. The zero-order chi connectivity index (χ0) is 14.5. The van der Waals surface area contributed by atoms with Crippen molar-refractivity contribution in [3.8, 4) is 11.8 Å². The van der Waals surface area contributed by atoms with Gasteiger partial charge in [-0.2, -0.15) is 5.26 Å². The fourth-order valence-corrected chi connectivity index (χ4v) is 1.94. The van der Waals surface area contributed by atoms with Crippen molar-refractivity contribution in [1.82, 2.24) is 0 Å². The molecule has 2 aromatic rings. The Bertz CT molecular complexity index is 647. The fourth-order valence-electron chi connectivity index (χ4n) is 1.94. The van der Waals surface area contributed by atoms with E-state index in [0.717, 1.165) is 0 Å². The molecule has 0 heterocycles. The highest BCUT2D eigenvalue weighted by molar-refractivity contribution is 5.99. The number of phenols is 1. The van der Waals surface area contributed by atoms with E-state index in [1.54, 1.807) is 43.4 Å². The summed E-state index contributed by atoms with van der Waals surface area (Å²) in [6.07, 6.45) is 0. The van der Waals surface area contributed by atoms with Crippen LogP contribution in [0.2, 0.25) is 0 Å². The summed E-state index contributed by atoms with van der Waals surface area (Å²) in [7, 11) is 1.59. The molecule has 1 atom stereocenters. The first kappa shape index (κ1) is 13.6. The van der Waals surface area contributed by atoms with E-state index in [1.165, 1.54) is 17.0 Å². The molecule has 1 unspecified atom stereocenters. The van der Waals surface area contributed by atoms with Crippen LogP contribution >= 0.6 is 0 Å². The Kier molecular flexibility index (Phi) is 4.02. The van der Waals surface area contributed by atoms with Crippen molar-refractivity contribution < 1.29 is 9.90 Å². The van der Waals surface area contributed by atoms with E-state index in [2.05, 4.69) is 0 Å². The lowest BCUT2D eigenvalue weighted by Gasteiger charge is -2.20. The number of benzene rings is 2. The average molecular weight is 266 g/mol. The number of carbonyl (C=O) groups is 1. The fraction of sp³-hybridized carbons (Fsp3) is 0.125. The Morgan fingerprint density at radius 3 is 2.50 bits per heavy atom. The van der Waals surface area contributed by atoms with Gasteiger partial charge < -0.3 is 10.0 Å². The maximum absolute atomic E-state index is 12.4. The minimum atomic E-state index is -0.858. The average Bonchev–Trinajstić information content (AvgIpc) is 2.48. The van der Waals surface area contributed by atoms with Gasteiger partial charge in [-0.15, -0.1) is 0 Å². The highest BCUT2D eigenvalue weighted by Crippen LogP contribution is 2.23. The summed E-state index contributed by atoms with van der Waals surface area (Å²) in [5.74, 6) is -1.11. The normalized spacial score (nSPS) is 11.4. The molecule has 2 aromatic carbocycles. The molecule has 0 saturated carbocycles. The van der Waals surface area contributed by atoms with Crippen molar-refractivity contribution in [2.45, 2.75) is 5.92 Å². The first-order valence-corrected chi connectivity index (χ1v) is 6.14. The minimum absolute atomic E-state index is 0.0790. The molecule has 100 valence electrons. The maximum Gasteiger partial charge on any atom is 0.248 e. The van der Waals surface area contributed by atoms with Crippen LogP contribution in [0.25, 0.3) is 0 Å². The van der Waals surface area contributed by atoms with Gasteiger partial charge in [-0.05, 0) is 17.7 Å². The van der Waals surface area contributed by atoms with E-state index in [-0.39, 0.29) is 11.7 Å². The molecule has 0 aliphatic carbocycles. The summed E-state index contributed by atoms with van der Waals surface area (Å²) in [5, 5.41) is 18.7. The van der Waals surface area contributed by atoms with Crippen molar-refractivity contribution in [2.75, 3.05) is 11.9 Å². The van der Waals surface area contributed by atoms with E-state index >= 15 is 0 Å². The van der Waals surface area contributed by atoms with Crippen LogP contribution in [-0.4, -0.2) is 18.1 Å². The van der Waals surface area contributed by atoms with Crippen LogP contribution in [0.4, 0.5) is 5.69 Å². The van der Waals surface area contributed by atoms with Gasteiger partial charge in [0.05, 0.1) is 6.07 Å². The summed E-state index contributed by atoms with van der Waals surface area (Å²) < 4.78 is 0. The van der Waals surface area contributed by atoms with Gasteiger partial charge in [0.15, 0.2) is 5.92 Å². The number of hydrogen-bond donors (Lipinski definition) is 1. The summed E-state index contributed by atoms with van der Waals surface area (Å²) >= 11 is 0. The Labute approximate surface area is 117 Å². The Hall–Kier alpha value is -2.80. The van der Waals surface area contributed by atoms with Crippen LogP contribution < -0.4 is 4.90 Å². The Morgan fingerprint density at radius 1 is 1.20 bits per heavy atom. The van der Waals surface area contributed by atoms with Crippen LogP contribution in [0.15, 0.2) is 54.6 Å². The van der Waals surface area contributed by atoms with Crippen molar-refractivity contribution in [1.29, 1.82) is 5.26 Å². The van der Waals surface area contributed by atoms with Crippen molar-refractivity contribution in [2.24, 2.45) is 0 Å². The van der Waals surface area contributed by atoms with Crippen molar-refractivity contribution in [3.05, 3.63) is 60.2 Å². The van der Waals surface area contributed by atoms with E-state index < -0.39 is 5.92 Å². The topological polar surface area (TPSA) is 64.3 Å². The molecule has 20 heavy (non-hydrogen) atoms. The van der Waals surface area contributed by atoms with Gasteiger partial charge in [0.25, 0.3) is 0 Å². The molecule has 0 aliphatic heterocycles. The number of hydrogen-bond acceptors (Lipinski definition) is 3. The number of carbonyl (C=O) groups excluding carboxylic acids is 1. The van der Waals surface area contributed by atoms with Crippen LogP contribution in [0.5, 0.6) is 5.75 Å². The molecule has 0 radical (unpaired) electrons.